The Labute approximate surface area is 688 Å². The number of aliphatic hydroxyl groups excluding tert-OH is 1. The third kappa shape index (κ3) is 34.5. The summed E-state index contributed by atoms with van der Waals surface area (Å²) in [6, 6.07) is 5.91. The normalized spacial score (nSPS) is 20.7. The molecular formula is C80H104N14O26. The number of nitrogens with two attached hydrogens (primary N) is 3. The van der Waals surface area contributed by atoms with Gasteiger partial charge in [-0.2, -0.15) is 19.2 Å². The Morgan fingerprint density at radius 2 is 1.24 bits per heavy atom. The van der Waals surface area contributed by atoms with Crippen LogP contribution in [-0.2, 0) is 118 Å². The van der Waals surface area contributed by atoms with Gasteiger partial charge < -0.3 is 95.4 Å². The summed E-state index contributed by atoms with van der Waals surface area (Å²) in [5, 5.41) is 54.3. The molecule has 20 N–H and O–H groups in total. The largest absolute Gasteiger partial charge is 0.481 e. The van der Waals surface area contributed by atoms with E-state index in [1.165, 1.54) is 58.0 Å². The number of aromatic nitrogens is 1. The lowest BCUT2D eigenvalue weighted by Gasteiger charge is -2.29. The van der Waals surface area contributed by atoms with Gasteiger partial charge in [0.2, 0.25) is 65.0 Å². The van der Waals surface area contributed by atoms with Crippen LogP contribution in [0.25, 0.3) is 16.5 Å². The lowest BCUT2D eigenvalue weighted by atomic mass is 9.84. The van der Waals surface area contributed by atoms with Gasteiger partial charge in [0, 0.05) is 90.7 Å². The summed E-state index contributed by atoms with van der Waals surface area (Å²) < 4.78 is 5.79. The number of H-pyrrole nitrogens is 1. The molecule has 0 radical (unpaired) electrons. The third-order valence-corrected chi connectivity index (χ3v) is 19.1. The Morgan fingerprint density at radius 1 is 0.642 bits per heavy atom. The molecule has 0 saturated carbocycles. The van der Waals surface area contributed by atoms with E-state index in [4.69, 9.17) is 41.1 Å². The molecule has 1 saturated heterocycles. The van der Waals surface area contributed by atoms with E-state index in [1.54, 1.807) is 37.4 Å². The van der Waals surface area contributed by atoms with E-state index >= 15 is 0 Å². The second-order valence-corrected chi connectivity index (χ2v) is 28.6. The molecule has 1 fully saturated rings. The zero-order chi connectivity index (χ0) is 90.0. The van der Waals surface area contributed by atoms with Crippen LogP contribution in [0.4, 0.5) is 5.69 Å². The van der Waals surface area contributed by atoms with Crippen LogP contribution in [0.15, 0.2) is 85.1 Å². The van der Waals surface area contributed by atoms with Gasteiger partial charge in [0.1, 0.15) is 42.4 Å². The van der Waals surface area contributed by atoms with E-state index in [0.717, 1.165) is 43.7 Å². The van der Waals surface area contributed by atoms with Gasteiger partial charge in [-0.05, 0) is 99.4 Å². The molecule has 2 heterocycles. The van der Waals surface area contributed by atoms with Crippen LogP contribution in [0.1, 0.15) is 153 Å². The molecule has 5 rings (SSSR count). The highest BCUT2D eigenvalue weighted by Crippen LogP contribution is 2.25. The number of ketones is 4. The molecule has 4 aromatic rings. The lowest BCUT2D eigenvalue weighted by Crippen LogP contribution is -2.58. The van der Waals surface area contributed by atoms with E-state index in [1.807, 2.05) is 24.3 Å². The number of allylic oxidation sites excluding steroid dienone is 1. The predicted octanol–water partition coefficient (Wildman–Crippen LogP) is -1.73. The quantitative estimate of drug-likeness (QED) is 0.00907. The van der Waals surface area contributed by atoms with Crippen LogP contribution in [0, 0.1) is 23.7 Å². The number of aromatic amines is 1. The molecule has 1 aromatic heterocycles. The fourth-order valence-corrected chi connectivity index (χ4v) is 12.4. The Hall–Kier alpha value is -13.3. The third-order valence-electron chi connectivity index (χ3n) is 19.1. The molecule has 0 spiro atoms. The van der Waals surface area contributed by atoms with E-state index < -0.39 is 249 Å². The number of carboxylic acids is 2. The van der Waals surface area contributed by atoms with Crippen molar-refractivity contribution in [2.45, 2.75) is 193 Å². The molecular weight excluding hydrogens is 1570 g/mol. The van der Waals surface area contributed by atoms with E-state index in [9.17, 15) is 102 Å². The maximum atomic E-state index is 14.8. The van der Waals surface area contributed by atoms with Crippen molar-refractivity contribution in [2.75, 3.05) is 32.0 Å². The standard InChI is InChI=1S/C78H104N14O22.2CO2/c1-8-9-10-16-46-22-24-47(25-23-46)40(2)29-65(99)87-57(31-48-36-82-53-20-14-12-17-49(48)53)76(111)89-55(34-64(81)98)61(95)28-43(5)72(107)92-70-45(7)114-78(113)58(33-60(94)50-18-11-13-19-52(50)80)91-74(109)51(41(3)30-68(102)103)32-63(97)59(39-93)88-67(101)37-83-73(108)44(6)85-71(106)42(4)27-62(96)56(35-69(104)105)90-75(110)54(21-15-26-79)86-66(100)38-84-77(70)112;2*2-1-3/h11-14,17-20,22-25,29,36,41-45,51,54-59,70,82,93H,8-10,15-16,21,26-28,30-35,37-39,79-80H2,1-7H3,(H2,81,98)(H,83,108)(H,84,112)(H,85,106)(H,86,100)(H,87,99)(H,88,101)(H,89,111)(H,90,110)(H,91,109)(H,92,107)(H,102,103)(H,104,105);;/b40-29+;;/t41-,42+,43-,44+,45-,51+,54+,55-,56+,57+,58+,59-,70+;;/m1../s1. The zero-order valence-corrected chi connectivity index (χ0v) is 67.3. The minimum Gasteiger partial charge on any atom is -0.481 e. The number of aliphatic hydroxyl groups is 1. The predicted molar refractivity (Wildman–Crippen MR) is 421 cm³/mol. The van der Waals surface area contributed by atoms with E-state index in [-0.39, 0.29) is 49.4 Å². The second-order valence-electron chi connectivity index (χ2n) is 28.6. The summed E-state index contributed by atoms with van der Waals surface area (Å²) in [6.45, 7) is 6.45. The average molecular weight is 1680 g/mol. The number of aliphatic carboxylic acids is 2. The first kappa shape index (κ1) is 101. The molecule has 1 aliphatic rings. The van der Waals surface area contributed by atoms with E-state index in [2.05, 4.69) is 65.1 Å². The molecule has 40 heteroatoms. The van der Waals surface area contributed by atoms with Crippen LogP contribution < -0.4 is 70.4 Å². The minimum absolute atomic E-state index is 0.00989. The number of benzene rings is 3. The average Bonchev–Trinajstić information content (AvgIpc) is 1.32. The smallest absolute Gasteiger partial charge is 0.373 e. The first-order chi connectivity index (χ1) is 56.8. The van der Waals surface area contributed by atoms with Crippen molar-refractivity contribution in [1.29, 1.82) is 0 Å². The van der Waals surface area contributed by atoms with Gasteiger partial charge in [0.05, 0.1) is 44.6 Å². The van der Waals surface area contributed by atoms with Gasteiger partial charge in [-0.15, -0.1) is 0 Å². The number of anilines is 1. The number of ether oxygens (including phenoxy) is 1. The number of amides is 11. The first-order valence-corrected chi connectivity index (χ1v) is 38.2. The Bertz CT molecular complexity index is 4420. The molecule has 3 aromatic carbocycles. The number of fused-ring (bicyclic) bond motifs is 1. The van der Waals surface area contributed by atoms with Gasteiger partial charge in [-0.1, -0.05) is 95.1 Å². The number of cyclic esters (lactones) is 1. The molecule has 11 amide bonds. The second kappa shape index (κ2) is 51.7. The number of esters is 1. The number of carboxylic acid groups (broad SMARTS) is 2. The van der Waals surface area contributed by atoms with Crippen molar-refractivity contribution < 1.29 is 126 Å². The summed E-state index contributed by atoms with van der Waals surface area (Å²) in [7, 11) is 0. The minimum atomic E-state index is -2.18. The summed E-state index contributed by atoms with van der Waals surface area (Å²) >= 11 is 0. The van der Waals surface area contributed by atoms with Crippen LogP contribution in [-0.4, -0.2) is 219 Å². The summed E-state index contributed by atoms with van der Waals surface area (Å²) in [5.41, 5.74) is 20.9. The maximum absolute atomic E-state index is 14.8. The van der Waals surface area contributed by atoms with Crippen molar-refractivity contribution >= 4 is 140 Å². The van der Waals surface area contributed by atoms with Crippen LogP contribution in [0.2, 0.25) is 0 Å². The number of Topliss-reactive ketones (excluding diaryl/α,β-unsaturated/α-hetero) is 4. The molecule has 650 valence electrons. The Balaban J connectivity index is 0.00000601. The number of primary amides is 1. The fraction of sp³-hybridized carbons (Fsp3) is 0.475. The van der Waals surface area contributed by atoms with Crippen molar-refractivity contribution in [3.63, 3.8) is 0 Å². The summed E-state index contributed by atoms with van der Waals surface area (Å²) in [5.74, 6) is -26.6. The lowest BCUT2D eigenvalue weighted by molar-refractivity contribution is -0.193. The highest BCUT2D eigenvalue weighted by atomic mass is 16.5. The number of unbranched alkanes of at least 4 members (excludes halogenated alkanes) is 2. The van der Waals surface area contributed by atoms with Crippen LogP contribution in [0.5, 0.6) is 0 Å². The maximum Gasteiger partial charge on any atom is 0.373 e. The monoisotopic (exact) mass is 1680 g/mol. The topological polar surface area (TPSA) is 660 Å². The highest BCUT2D eigenvalue weighted by molar-refractivity contribution is 6.05. The molecule has 1 aliphatic heterocycles. The zero-order valence-electron chi connectivity index (χ0n) is 67.3. The van der Waals surface area contributed by atoms with Crippen LogP contribution in [0.3, 0.4) is 0 Å². The van der Waals surface area contributed by atoms with Gasteiger partial charge in [-0.3, -0.25) is 81.5 Å². The Morgan fingerprint density at radius 3 is 1.84 bits per heavy atom. The number of para-hydroxylation sites is 2. The number of hydrogen-bond acceptors (Lipinski definition) is 26. The summed E-state index contributed by atoms with van der Waals surface area (Å²) in [4.78, 5) is 284. The van der Waals surface area contributed by atoms with Gasteiger partial charge >= 0.3 is 30.2 Å². The number of carbonyl (C=O) groups excluding carboxylic acids is 20. The van der Waals surface area contributed by atoms with Crippen molar-refractivity contribution in [2.24, 2.45) is 35.1 Å². The SMILES string of the molecule is CCCCCc1ccc(/C(C)=C/C(=O)N[C@@H](Cc2c[nH]c3ccccc23)C(=O)N[C@H](CC(N)=O)C(=O)C[C@@H](C)C(=O)N[C@@H]2C(=O)NCC(=O)N[C@@H](CCCN)C(=O)N[C@@H](CC(=O)O)C(=O)C[C@H](C)C(=O)N[C@@H](C)C(=O)NCC(=O)N[C@H](CO)C(=O)C[C@@H]([C@H](C)CC(=O)O)C(=O)N[C@@H](CC(=O)c3ccccc3N)C(=O)O[C@@H]2C)cc1.O=C=O.O=C=O. The molecule has 0 unspecified atom stereocenters. The van der Waals surface area contributed by atoms with Gasteiger partial charge in [0.15, 0.2) is 23.1 Å². The first-order valence-electron chi connectivity index (χ1n) is 38.2. The van der Waals surface area contributed by atoms with Crippen molar-refractivity contribution in [3.05, 3.63) is 107 Å². The van der Waals surface area contributed by atoms with Gasteiger partial charge in [0.25, 0.3) is 0 Å². The van der Waals surface area contributed by atoms with E-state index in [0.29, 0.717) is 22.0 Å². The number of nitrogen functional groups attached to an aromatic ring is 1. The molecule has 13 atom stereocenters. The molecule has 0 bridgehead atoms. The Kier molecular flexibility index (Phi) is 43.4. The molecule has 40 nitrogen and oxygen atoms in total. The van der Waals surface area contributed by atoms with Gasteiger partial charge in [-0.25, -0.2) is 4.79 Å². The number of aryl methyl sites for hydroxylation is 1. The molecule has 0 aliphatic carbocycles. The number of rotatable bonds is 30. The number of carbonyl (C=O) groups is 18. The van der Waals surface area contributed by atoms with Crippen LogP contribution >= 0.6 is 0 Å². The van der Waals surface area contributed by atoms with Crippen molar-refractivity contribution in [3.8, 4) is 0 Å². The summed E-state index contributed by atoms with van der Waals surface area (Å²) in [6.07, 6.45) is -1.29. The fourth-order valence-electron chi connectivity index (χ4n) is 12.4. The highest BCUT2D eigenvalue weighted by Gasteiger charge is 2.40. The number of hydrogen-bond donors (Lipinski definition) is 17. The molecule has 120 heavy (non-hydrogen) atoms. The van der Waals surface area contributed by atoms with Crippen molar-refractivity contribution in [1.82, 2.24) is 58.2 Å². The number of nitrogens with one attached hydrogen (secondary N) is 11.